The van der Waals surface area contributed by atoms with E-state index in [4.69, 9.17) is 5.26 Å². The average molecular weight is 198 g/mol. The van der Waals surface area contributed by atoms with Gasteiger partial charge in [0.2, 0.25) is 0 Å². The average Bonchev–Trinajstić information content (AvgIpc) is 2.61. The van der Waals surface area contributed by atoms with Crippen molar-refractivity contribution in [1.82, 2.24) is 4.57 Å². The second kappa shape index (κ2) is 3.78. The van der Waals surface area contributed by atoms with Gasteiger partial charge in [-0.2, -0.15) is 5.26 Å². The summed E-state index contributed by atoms with van der Waals surface area (Å²) >= 11 is 0. The first-order valence-corrected chi connectivity index (χ1v) is 5.20. The van der Waals surface area contributed by atoms with Gasteiger partial charge in [0.05, 0.1) is 11.6 Å². The minimum Gasteiger partial charge on any atom is -0.347 e. The maximum absolute atomic E-state index is 8.97. The Bertz CT molecular complexity index is 515. The molecule has 76 valence electrons. The van der Waals surface area contributed by atoms with Crippen LogP contribution in [0.5, 0.6) is 0 Å². The molecule has 0 saturated heterocycles. The molecule has 2 heteroatoms. The van der Waals surface area contributed by atoms with E-state index in [2.05, 4.69) is 36.7 Å². The molecule has 0 N–H and O–H groups in total. The Morgan fingerprint density at radius 1 is 1.33 bits per heavy atom. The van der Waals surface area contributed by atoms with Crippen LogP contribution in [0.25, 0.3) is 10.9 Å². The van der Waals surface area contributed by atoms with Crippen molar-refractivity contribution < 1.29 is 0 Å². The van der Waals surface area contributed by atoms with Gasteiger partial charge >= 0.3 is 0 Å². The number of hydrogen-bond acceptors (Lipinski definition) is 1. The van der Waals surface area contributed by atoms with Crippen molar-refractivity contribution in [2.45, 2.75) is 20.4 Å². The van der Waals surface area contributed by atoms with Crippen molar-refractivity contribution >= 4 is 10.9 Å². The van der Waals surface area contributed by atoms with Gasteiger partial charge in [-0.05, 0) is 24.1 Å². The maximum Gasteiger partial charge on any atom is 0.0998 e. The number of nitrogens with zero attached hydrogens (tertiary/aromatic N) is 2. The SMILES string of the molecule is CC(C)Cn1ccc2c(C#N)cccc21. The fourth-order valence-corrected chi connectivity index (χ4v) is 1.87. The molecule has 2 nitrogen and oxygen atoms in total. The van der Waals surface area contributed by atoms with Crippen LogP contribution in [0.15, 0.2) is 30.5 Å². The Balaban J connectivity index is 2.57. The first-order chi connectivity index (χ1) is 7.22. The second-order valence-corrected chi connectivity index (χ2v) is 4.21. The largest absolute Gasteiger partial charge is 0.347 e. The van der Waals surface area contributed by atoms with Crippen molar-refractivity contribution in [3.63, 3.8) is 0 Å². The van der Waals surface area contributed by atoms with Crippen LogP contribution in [-0.2, 0) is 6.54 Å². The molecule has 0 saturated carbocycles. The van der Waals surface area contributed by atoms with E-state index in [0.717, 1.165) is 23.0 Å². The fraction of sp³-hybridized carbons (Fsp3) is 0.308. The number of nitriles is 1. The van der Waals surface area contributed by atoms with Crippen molar-refractivity contribution in [1.29, 1.82) is 5.26 Å². The van der Waals surface area contributed by atoms with E-state index in [9.17, 15) is 0 Å². The first kappa shape index (κ1) is 9.79. The Morgan fingerprint density at radius 2 is 2.13 bits per heavy atom. The summed E-state index contributed by atoms with van der Waals surface area (Å²) in [6, 6.07) is 10.1. The van der Waals surface area contributed by atoms with Crippen LogP contribution in [0.3, 0.4) is 0 Å². The van der Waals surface area contributed by atoms with Crippen molar-refractivity contribution in [2.24, 2.45) is 5.92 Å². The van der Waals surface area contributed by atoms with E-state index in [0.29, 0.717) is 5.92 Å². The lowest BCUT2D eigenvalue weighted by Crippen LogP contribution is -2.02. The van der Waals surface area contributed by atoms with E-state index in [-0.39, 0.29) is 0 Å². The molecule has 0 unspecified atom stereocenters. The highest BCUT2D eigenvalue weighted by molar-refractivity contribution is 5.85. The summed E-state index contributed by atoms with van der Waals surface area (Å²) in [5.74, 6) is 0.617. The molecule has 0 bridgehead atoms. The van der Waals surface area contributed by atoms with Crippen molar-refractivity contribution in [3.05, 3.63) is 36.0 Å². The summed E-state index contributed by atoms with van der Waals surface area (Å²) in [5, 5.41) is 10.0. The predicted molar refractivity (Wildman–Crippen MR) is 61.5 cm³/mol. The van der Waals surface area contributed by atoms with Crippen LogP contribution in [0.2, 0.25) is 0 Å². The standard InChI is InChI=1S/C13H14N2/c1-10(2)9-15-7-6-12-11(8-14)4-3-5-13(12)15/h3-7,10H,9H2,1-2H3. The van der Waals surface area contributed by atoms with E-state index < -0.39 is 0 Å². The lowest BCUT2D eigenvalue weighted by atomic mass is 10.1. The number of rotatable bonds is 2. The summed E-state index contributed by atoms with van der Waals surface area (Å²) < 4.78 is 2.21. The van der Waals surface area contributed by atoms with Crippen LogP contribution in [-0.4, -0.2) is 4.57 Å². The van der Waals surface area contributed by atoms with Gasteiger partial charge in [-0.25, -0.2) is 0 Å². The summed E-state index contributed by atoms with van der Waals surface area (Å²) in [7, 11) is 0. The summed E-state index contributed by atoms with van der Waals surface area (Å²) in [5.41, 5.74) is 1.91. The van der Waals surface area contributed by atoms with Gasteiger partial charge in [-0.1, -0.05) is 19.9 Å². The molecule has 2 aromatic rings. The summed E-state index contributed by atoms with van der Waals surface area (Å²) in [6.07, 6.45) is 2.06. The van der Waals surface area contributed by atoms with Crippen molar-refractivity contribution in [3.8, 4) is 6.07 Å². The lowest BCUT2D eigenvalue weighted by Gasteiger charge is -2.08. The molecule has 2 rings (SSSR count). The molecule has 1 aromatic carbocycles. The predicted octanol–water partition coefficient (Wildman–Crippen LogP) is 3.17. The highest BCUT2D eigenvalue weighted by Crippen LogP contribution is 2.20. The zero-order valence-corrected chi connectivity index (χ0v) is 9.07. The lowest BCUT2D eigenvalue weighted by molar-refractivity contribution is 0.535. The van der Waals surface area contributed by atoms with E-state index in [1.54, 1.807) is 0 Å². The number of hydrogen-bond donors (Lipinski definition) is 0. The zero-order valence-electron chi connectivity index (χ0n) is 9.07. The molecule has 1 aromatic heterocycles. The van der Waals surface area contributed by atoms with Gasteiger partial charge in [0.1, 0.15) is 0 Å². The molecule has 0 spiro atoms. The molecule has 0 aliphatic carbocycles. The third-order valence-corrected chi connectivity index (χ3v) is 2.50. The maximum atomic E-state index is 8.97. The van der Waals surface area contributed by atoms with Crippen LogP contribution < -0.4 is 0 Å². The highest BCUT2D eigenvalue weighted by Gasteiger charge is 2.05. The van der Waals surface area contributed by atoms with E-state index >= 15 is 0 Å². The van der Waals surface area contributed by atoms with Gasteiger partial charge < -0.3 is 4.57 Å². The molecule has 0 fully saturated rings. The van der Waals surface area contributed by atoms with Crippen molar-refractivity contribution in [2.75, 3.05) is 0 Å². The quantitative estimate of drug-likeness (QED) is 0.728. The first-order valence-electron chi connectivity index (χ1n) is 5.20. The third-order valence-electron chi connectivity index (χ3n) is 2.50. The summed E-state index contributed by atoms with van der Waals surface area (Å²) in [4.78, 5) is 0. The van der Waals surface area contributed by atoms with Gasteiger partial charge in [-0.3, -0.25) is 0 Å². The molecular formula is C13H14N2. The molecule has 15 heavy (non-hydrogen) atoms. The molecule has 0 radical (unpaired) electrons. The Morgan fingerprint density at radius 3 is 2.80 bits per heavy atom. The smallest absolute Gasteiger partial charge is 0.0998 e. The zero-order chi connectivity index (χ0) is 10.8. The highest BCUT2D eigenvalue weighted by atomic mass is 15.0. The molecule has 1 heterocycles. The molecule has 0 aliphatic rings. The minimum atomic E-state index is 0.617. The minimum absolute atomic E-state index is 0.617. The normalized spacial score (nSPS) is 10.8. The Hall–Kier alpha value is -1.75. The Kier molecular flexibility index (Phi) is 2.47. The summed E-state index contributed by atoms with van der Waals surface area (Å²) in [6.45, 7) is 5.39. The van der Waals surface area contributed by atoms with Gasteiger partial charge in [0, 0.05) is 23.6 Å². The second-order valence-electron chi connectivity index (χ2n) is 4.21. The van der Waals surface area contributed by atoms with Gasteiger partial charge in [0.25, 0.3) is 0 Å². The van der Waals surface area contributed by atoms with E-state index in [1.165, 1.54) is 0 Å². The van der Waals surface area contributed by atoms with Gasteiger partial charge in [-0.15, -0.1) is 0 Å². The molecule has 0 aliphatic heterocycles. The topological polar surface area (TPSA) is 28.7 Å². The van der Waals surface area contributed by atoms with Gasteiger partial charge in [0.15, 0.2) is 0 Å². The number of fused-ring (bicyclic) bond motifs is 1. The fourth-order valence-electron chi connectivity index (χ4n) is 1.87. The monoisotopic (exact) mass is 198 g/mol. The van der Waals surface area contributed by atoms with Crippen LogP contribution >= 0.6 is 0 Å². The molecule has 0 amide bonds. The van der Waals surface area contributed by atoms with Crippen LogP contribution in [0.1, 0.15) is 19.4 Å². The molecule has 0 atom stereocenters. The number of aromatic nitrogens is 1. The Labute approximate surface area is 89.7 Å². The van der Waals surface area contributed by atoms with E-state index in [1.807, 2.05) is 18.2 Å². The van der Waals surface area contributed by atoms with Crippen LogP contribution in [0.4, 0.5) is 0 Å². The molecular weight excluding hydrogens is 184 g/mol. The number of benzene rings is 1. The van der Waals surface area contributed by atoms with Crippen LogP contribution in [0, 0.1) is 17.2 Å². The third kappa shape index (κ3) is 1.73.